The van der Waals surface area contributed by atoms with Crippen LogP contribution in [-0.2, 0) is 0 Å². The zero-order chi connectivity index (χ0) is 18.9. The molecule has 0 rings (SSSR count). The minimum Gasteiger partial charge on any atom is -0.394 e. The lowest BCUT2D eigenvalue weighted by molar-refractivity contribution is -0.241. The topological polar surface area (TPSA) is 80.9 Å². The number of aliphatic hydroxyl groups excluding tert-OH is 2. The molecule has 0 amide bonds. The summed E-state index contributed by atoms with van der Waals surface area (Å²) < 4.78 is 0. The van der Waals surface area contributed by atoms with E-state index >= 15 is 0 Å². The minimum absolute atomic E-state index is 0.199. The Bertz CT molecular complexity index is 354. The monoisotopic (exact) mass is 332 g/mol. The standard InChI is InChI=1S/C19H40O4/c1-15(2,3)11-18(22,12-16(4,5)6)19(23,14(21)10-20)13-17(7,8)9/h14,20-23H,10-13H2,1-9H3/t14-,19-/m1/s1. The van der Waals surface area contributed by atoms with E-state index in [9.17, 15) is 20.4 Å². The van der Waals surface area contributed by atoms with Gasteiger partial charge in [-0.3, -0.25) is 0 Å². The highest BCUT2D eigenvalue weighted by Crippen LogP contribution is 2.47. The average molecular weight is 333 g/mol. The summed E-state index contributed by atoms with van der Waals surface area (Å²) in [5, 5.41) is 42.9. The van der Waals surface area contributed by atoms with E-state index in [0.717, 1.165) is 0 Å². The maximum Gasteiger partial charge on any atom is 0.122 e. The van der Waals surface area contributed by atoms with Gasteiger partial charge in [0.1, 0.15) is 11.7 Å². The van der Waals surface area contributed by atoms with E-state index in [0.29, 0.717) is 12.8 Å². The van der Waals surface area contributed by atoms with E-state index in [2.05, 4.69) is 0 Å². The van der Waals surface area contributed by atoms with Gasteiger partial charge < -0.3 is 20.4 Å². The van der Waals surface area contributed by atoms with Crippen molar-refractivity contribution < 1.29 is 20.4 Å². The van der Waals surface area contributed by atoms with E-state index < -0.39 is 23.9 Å². The molecule has 0 aliphatic rings. The van der Waals surface area contributed by atoms with Crippen molar-refractivity contribution >= 4 is 0 Å². The van der Waals surface area contributed by atoms with Crippen molar-refractivity contribution in [1.29, 1.82) is 0 Å². The summed E-state index contributed by atoms with van der Waals surface area (Å²) in [6, 6.07) is 0. The number of hydrogen-bond acceptors (Lipinski definition) is 4. The third kappa shape index (κ3) is 7.08. The molecule has 0 fully saturated rings. The average Bonchev–Trinajstić information content (AvgIpc) is 2.19. The summed E-state index contributed by atoms with van der Waals surface area (Å²) in [6.45, 7) is 17.3. The van der Waals surface area contributed by atoms with E-state index in [4.69, 9.17) is 0 Å². The Kier molecular flexibility index (Phi) is 6.94. The normalized spacial score (nSPS) is 18.7. The van der Waals surface area contributed by atoms with Crippen molar-refractivity contribution in [3.63, 3.8) is 0 Å². The molecule has 0 aliphatic heterocycles. The van der Waals surface area contributed by atoms with Crippen LogP contribution in [0.4, 0.5) is 0 Å². The van der Waals surface area contributed by atoms with Gasteiger partial charge in [-0.2, -0.15) is 0 Å². The van der Waals surface area contributed by atoms with E-state index in [-0.39, 0.29) is 22.7 Å². The second-order valence-corrected chi connectivity index (χ2v) is 10.9. The molecule has 0 radical (unpaired) electrons. The SMILES string of the molecule is CC(C)(C)CC(O)(CC(C)(C)C)[C@@](O)(CC(C)(C)C)[C@H](O)CO. The lowest BCUT2D eigenvalue weighted by Gasteiger charge is -2.52. The largest absolute Gasteiger partial charge is 0.394 e. The van der Waals surface area contributed by atoms with Gasteiger partial charge >= 0.3 is 0 Å². The van der Waals surface area contributed by atoms with Crippen LogP contribution in [0.1, 0.15) is 81.6 Å². The first-order valence-electron chi connectivity index (χ1n) is 8.59. The zero-order valence-corrected chi connectivity index (χ0v) is 16.7. The predicted octanol–water partition coefficient (Wildman–Crippen LogP) is 3.11. The molecule has 0 aromatic rings. The van der Waals surface area contributed by atoms with Gasteiger partial charge in [0.15, 0.2) is 0 Å². The van der Waals surface area contributed by atoms with Crippen molar-refractivity contribution in [2.75, 3.05) is 6.61 Å². The van der Waals surface area contributed by atoms with Crippen LogP contribution >= 0.6 is 0 Å². The molecule has 4 N–H and O–H groups in total. The van der Waals surface area contributed by atoms with Crippen LogP contribution in [-0.4, -0.2) is 44.3 Å². The van der Waals surface area contributed by atoms with Crippen molar-refractivity contribution in [1.82, 2.24) is 0 Å². The molecule has 0 saturated heterocycles. The van der Waals surface area contributed by atoms with Gasteiger partial charge in [0.05, 0.1) is 12.2 Å². The van der Waals surface area contributed by atoms with E-state index in [1.165, 1.54) is 0 Å². The van der Waals surface area contributed by atoms with Gasteiger partial charge in [0, 0.05) is 0 Å². The molecular formula is C19H40O4. The molecule has 4 nitrogen and oxygen atoms in total. The Morgan fingerprint density at radius 1 is 0.652 bits per heavy atom. The summed E-state index contributed by atoms with van der Waals surface area (Å²) in [6.07, 6.45) is -0.525. The fourth-order valence-corrected chi connectivity index (χ4v) is 3.68. The Labute approximate surface area is 142 Å². The highest BCUT2D eigenvalue weighted by Gasteiger charge is 2.57. The highest BCUT2D eigenvalue weighted by molar-refractivity contribution is 5.08. The van der Waals surface area contributed by atoms with Crippen molar-refractivity contribution in [3.05, 3.63) is 0 Å². The van der Waals surface area contributed by atoms with Crippen molar-refractivity contribution in [2.24, 2.45) is 16.2 Å². The molecule has 2 atom stereocenters. The van der Waals surface area contributed by atoms with Crippen LogP contribution in [0.15, 0.2) is 0 Å². The number of aliphatic hydroxyl groups is 4. The van der Waals surface area contributed by atoms with Gasteiger partial charge in [-0.05, 0) is 35.5 Å². The molecule has 0 bridgehead atoms. The van der Waals surface area contributed by atoms with Crippen LogP contribution in [0.2, 0.25) is 0 Å². The summed E-state index contributed by atoms with van der Waals surface area (Å²) in [5.74, 6) is 0. The van der Waals surface area contributed by atoms with Crippen LogP contribution in [0, 0.1) is 16.2 Å². The van der Waals surface area contributed by atoms with Crippen LogP contribution in [0.3, 0.4) is 0 Å². The van der Waals surface area contributed by atoms with Crippen LogP contribution in [0.25, 0.3) is 0 Å². The lowest BCUT2D eigenvalue weighted by Crippen LogP contribution is -2.65. The Morgan fingerprint density at radius 3 is 1.17 bits per heavy atom. The highest BCUT2D eigenvalue weighted by atomic mass is 16.4. The minimum atomic E-state index is -1.78. The number of rotatable bonds is 6. The molecule has 0 unspecified atom stereocenters. The van der Waals surface area contributed by atoms with Gasteiger partial charge in [-0.1, -0.05) is 62.3 Å². The molecular weight excluding hydrogens is 292 g/mol. The van der Waals surface area contributed by atoms with Crippen LogP contribution in [0.5, 0.6) is 0 Å². The lowest BCUT2D eigenvalue weighted by atomic mass is 9.61. The molecule has 0 aromatic carbocycles. The van der Waals surface area contributed by atoms with E-state index in [1.54, 1.807) is 0 Å². The second-order valence-electron chi connectivity index (χ2n) is 10.9. The Morgan fingerprint density at radius 2 is 0.957 bits per heavy atom. The fourth-order valence-electron chi connectivity index (χ4n) is 3.68. The Hall–Kier alpha value is -0.160. The summed E-state index contributed by atoms with van der Waals surface area (Å²) in [7, 11) is 0. The second kappa shape index (κ2) is 6.99. The molecule has 0 aliphatic carbocycles. The molecule has 140 valence electrons. The first-order valence-corrected chi connectivity index (χ1v) is 8.59. The number of hydrogen-bond donors (Lipinski definition) is 4. The first-order chi connectivity index (χ1) is 9.85. The van der Waals surface area contributed by atoms with Crippen molar-refractivity contribution in [3.8, 4) is 0 Å². The molecule has 0 aromatic heterocycles. The molecule has 0 saturated carbocycles. The Balaban J connectivity index is 6.10. The summed E-state index contributed by atoms with van der Waals surface area (Å²) in [4.78, 5) is 0. The summed E-state index contributed by atoms with van der Waals surface area (Å²) in [5.41, 5.74) is -4.06. The molecule has 0 heterocycles. The van der Waals surface area contributed by atoms with Gasteiger partial charge in [-0.15, -0.1) is 0 Å². The molecule has 23 heavy (non-hydrogen) atoms. The zero-order valence-electron chi connectivity index (χ0n) is 16.7. The smallest absolute Gasteiger partial charge is 0.122 e. The van der Waals surface area contributed by atoms with Crippen molar-refractivity contribution in [2.45, 2.75) is 98.9 Å². The third-order valence-electron chi connectivity index (χ3n) is 3.98. The van der Waals surface area contributed by atoms with Crippen LogP contribution < -0.4 is 0 Å². The quantitative estimate of drug-likeness (QED) is 0.602. The maximum atomic E-state index is 11.5. The van der Waals surface area contributed by atoms with Gasteiger partial charge in [-0.25, -0.2) is 0 Å². The van der Waals surface area contributed by atoms with E-state index in [1.807, 2.05) is 62.3 Å². The van der Waals surface area contributed by atoms with Gasteiger partial charge in [0.25, 0.3) is 0 Å². The maximum absolute atomic E-state index is 11.5. The predicted molar refractivity (Wildman–Crippen MR) is 95.2 cm³/mol. The molecule has 4 heteroatoms. The summed E-state index contributed by atoms with van der Waals surface area (Å²) >= 11 is 0. The van der Waals surface area contributed by atoms with Gasteiger partial charge in [0.2, 0.25) is 0 Å². The third-order valence-corrected chi connectivity index (χ3v) is 3.98. The first kappa shape index (κ1) is 22.8. The molecule has 0 spiro atoms. The fraction of sp³-hybridized carbons (Fsp3) is 1.00.